The third-order valence-corrected chi connectivity index (χ3v) is 4.81. The summed E-state index contributed by atoms with van der Waals surface area (Å²) in [5.74, 6) is -0.0265. The Bertz CT molecular complexity index is 509. The molecule has 2 aliphatic rings. The first-order valence-electron chi connectivity index (χ1n) is 7.47. The fourth-order valence-corrected chi connectivity index (χ4v) is 3.60. The van der Waals surface area contributed by atoms with Crippen molar-refractivity contribution >= 4 is 53.1 Å². The van der Waals surface area contributed by atoms with Gasteiger partial charge in [-0.2, -0.15) is 0 Å². The summed E-state index contributed by atoms with van der Waals surface area (Å²) < 4.78 is 0. The monoisotopic (exact) mass is 380 g/mol. The van der Waals surface area contributed by atoms with Crippen LogP contribution in [0.1, 0.15) is 32.1 Å². The van der Waals surface area contributed by atoms with Crippen LogP contribution in [0.5, 0.6) is 0 Å². The fraction of sp³-hybridized carbons (Fsp3) is 0.643. The molecule has 6 nitrogen and oxygen atoms in total. The zero-order valence-electron chi connectivity index (χ0n) is 12.7. The predicted molar refractivity (Wildman–Crippen MR) is 95.6 cm³/mol. The van der Waals surface area contributed by atoms with E-state index in [2.05, 4.69) is 15.6 Å². The van der Waals surface area contributed by atoms with E-state index in [0.717, 1.165) is 32.2 Å². The maximum absolute atomic E-state index is 12.4. The molecule has 0 spiro atoms. The molecule has 2 unspecified atom stereocenters. The van der Waals surface area contributed by atoms with Crippen molar-refractivity contribution < 1.29 is 9.59 Å². The Balaban J connectivity index is 0.00000132. The van der Waals surface area contributed by atoms with Crippen molar-refractivity contribution in [3.05, 3.63) is 11.6 Å². The van der Waals surface area contributed by atoms with E-state index < -0.39 is 0 Å². The van der Waals surface area contributed by atoms with E-state index in [1.165, 1.54) is 11.3 Å². The van der Waals surface area contributed by atoms with Crippen LogP contribution in [0.25, 0.3) is 0 Å². The third kappa shape index (κ3) is 5.04. The second-order valence-electron chi connectivity index (χ2n) is 5.57. The summed E-state index contributed by atoms with van der Waals surface area (Å²) in [4.78, 5) is 30.5. The van der Waals surface area contributed by atoms with E-state index >= 15 is 0 Å². The maximum atomic E-state index is 12.4. The second-order valence-corrected chi connectivity index (χ2v) is 6.46. The van der Waals surface area contributed by atoms with Crippen LogP contribution >= 0.6 is 36.2 Å². The van der Waals surface area contributed by atoms with Gasteiger partial charge in [0.15, 0.2) is 5.13 Å². The number of carbonyl (C=O) groups excluding carboxylic acids is 2. The zero-order valence-corrected chi connectivity index (χ0v) is 15.1. The molecule has 3 heterocycles. The minimum Gasteiger partial charge on any atom is -0.331 e. The number of likely N-dealkylation sites (tertiary alicyclic amines) is 1. The van der Waals surface area contributed by atoms with Gasteiger partial charge in [0.1, 0.15) is 6.04 Å². The average Bonchev–Trinajstić information content (AvgIpc) is 3.20. The van der Waals surface area contributed by atoms with Crippen LogP contribution in [0, 0.1) is 0 Å². The van der Waals surface area contributed by atoms with Crippen molar-refractivity contribution in [2.75, 3.05) is 18.4 Å². The fourth-order valence-electron chi connectivity index (χ4n) is 3.07. The molecule has 1 aromatic rings. The number of nitrogens with zero attached hydrogens (tertiary/aromatic N) is 2. The Hall–Kier alpha value is -0.890. The Kier molecular flexibility index (Phi) is 8.25. The lowest BCUT2D eigenvalue weighted by Crippen LogP contribution is -2.44. The number of thiazole rings is 1. The summed E-state index contributed by atoms with van der Waals surface area (Å²) in [6.07, 6.45) is 5.97. The molecule has 9 heteroatoms. The van der Waals surface area contributed by atoms with Crippen LogP contribution in [-0.4, -0.2) is 46.9 Å². The van der Waals surface area contributed by atoms with Crippen LogP contribution < -0.4 is 10.6 Å². The summed E-state index contributed by atoms with van der Waals surface area (Å²) in [6.45, 7) is 1.67. The highest BCUT2D eigenvalue weighted by Crippen LogP contribution is 2.22. The molecule has 2 aliphatic heterocycles. The number of rotatable bonds is 4. The molecule has 0 aromatic carbocycles. The van der Waals surface area contributed by atoms with E-state index in [0.29, 0.717) is 18.1 Å². The summed E-state index contributed by atoms with van der Waals surface area (Å²) in [6, 6.07) is -0.0661. The molecular weight excluding hydrogens is 359 g/mol. The molecule has 1 aromatic heterocycles. The number of halogens is 2. The highest BCUT2D eigenvalue weighted by atomic mass is 35.5. The standard InChI is InChI=1S/C14H20N4O2S.2ClH/c19-12(9-10-3-1-5-15-10)18-7-2-4-11(18)13(20)17-14-16-6-8-21-14;;/h6,8,10-11,15H,1-5,7,9H2,(H,16,17,20);2*1H. The molecule has 0 bridgehead atoms. The number of hydrogen-bond acceptors (Lipinski definition) is 5. The second kappa shape index (κ2) is 9.42. The molecule has 23 heavy (non-hydrogen) atoms. The molecular formula is C14H22Cl2N4O2S. The van der Waals surface area contributed by atoms with E-state index in [9.17, 15) is 9.59 Å². The van der Waals surface area contributed by atoms with Crippen molar-refractivity contribution in [2.24, 2.45) is 0 Å². The number of nitrogens with one attached hydrogen (secondary N) is 2. The van der Waals surface area contributed by atoms with E-state index in [1.54, 1.807) is 11.1 Å². The Labute approximate surface area is 152 Å². The van der Waals surface area contributed by atoms with E-state index in [-0.39, 0.29) is 48.7 Å². The van der Waals surface area contributed by atoms with E-state index in [4.69, 9.17) is 0 Å². The number of hydrogen-bond donors (Lipinski definition) is 2. The molecule has 2 fully saturated rings. The third-order valence-electron chi connectivity index (χ3n) is 4.12. The molecule has 2 atom stereocenters. The molecule has 0 aliphatic carbocycles. The first kappa shape index (κ1) is 20.2. The number of anilines is 1. The molecule has 130 valence electrons. The van der Waals surface area contributed by atoms with Crippen LogP contribution in [-0.2, 0) is 9.59 Å². The van der Waals surface area contributed by atoms with Gasteiger partial charge in [-0.15, -0.1) is 36.2 Å². The lowest BCUT2D eigenvalue weighted by molar-refractivity contribution is -0.137. The summed E-state index contributed by atoms with van der Waals surface area (Å²) in [7, 11) is 0. The maximum Gasteiger partial charge on any atom is 0.248 e. The first-order chi connectivity index (χ1) is 10.2. The molecule has 2 amide bonds. The molecule has 2 N–H and O–H groups in total. The quantitative estimate of drug-likeness (QED) is 0.837. The van der Waals surface area contributed by atoms with Gasteiger partial charge in [-0.25, -0.2) is 4.98 Å². The average molecular weight is 381 g/mol. The highest BCUT2D eigenvalue weighted by Gasteiger charge is 2.35. The highest BCUT2D eigenvalue weighted by molar-refractivity contribution is 7.13. The van der Waals surface area contributed by atoms with Crippen molar-refractivity contribution in [3.8, 4) is 0 Å². The summed E-state index contributed by atoms with van der Waals surface area (Å²) in [5.41, 5.74) is 0. The SMILES string of the molecule is Cl.Cl.O=C(Nc1nccs1)C1CCCN1C(=O)CC1CCCN1. The van der Waals surface area contributed by atoms with Crippen LogP contribution in [0.3, 0.4) is 0 Å². The van der Waals surface area contributed by atoms with Crippen molar-refractivity contribution in [1.82, 2.24) is 15.2 Å². The summed E-state index contributed by atoms with van der Waals surface area (Å²) in [5, 5.41) is 8.55. The topological polar surface area (TPSA) is 74.3 Å². The molecule has 0 radical (unpaired) electrons. The van der Waals surface area contributed by atoms with Gasteiger partial charge in [-0.3, -0.25) is 9.59 Å². The Morgan fingerprint density at radius 2 is 2.17 bits per heavy atom. The van der Waals surface area contributed by atoms with Crippen molar-refractivity contribution in [1.29, 1.82) is 0 Å². The van der Waals surface area contributed by atoms with Gasteiger partial charge < -0.3 is 15.5 Å². The van der Waals surface area contributed by atoms with Gasteiger partial charge in [0.05, 0.1) is 0 Å². The lowest BCUT2D eigenvalue weighted by atomic mass is 10.1. The minimum atomic E-state index is -0.345. The smallest absolute Gasteiger partial charge is 0.248 e. The largest absolute Gasteiger partial charge is 0.331 e. The van der Waals surface area contributed by atoms with Crippen LogP contribution in [0.15, 0.2) is 11.6 Å². The van der Waals surface area contributed by atoms with Gasteiger partial charge in [0.25, 0.3) is 0 Å². The minimum absolute atomic E-state index is 0. The summed E-state index contributed by atoms with van der Waals surface area (Å²) >= 11 is 1.39. The number of carbonyl (C=O) groups is 2. The predicted octanol–water partition coefficient (Wildman–Crippen LogP) is 2.06. The Morgan fingerprint density at radius 1 is 1.35 bits per heavy atom. The normalized spacial score (nSPS) is 23.0. The first-order valence-corrected chi connectivity index (χ1v) is 8.35. The number of aromatic nitrogens is 1. The van der Waals surface area contributed by atoms with Crippen molar-refractivity contribution in [3.63, 3.8) is 0 Å². The van der Waals surface area contributed by atoms with Gasteiger partial charge in [-0.1, -0.05) is 0 Å². The molecule has 0 saturated carbocycles. The van der Waals surface area contributed by atoms with Gasteiger partial charge in [0, 0.05) is 30.6 Å². The zero-order chi connectivity index (χ0) is 14.7. The van der Waals surface area contributed by atoms with Gasteiger partial charge in [0.2, 0.25) is 11.8 Å². The van der Waals surface area contributed by atoms with Gasteiger partial charge in [-0.05, 0) is 32.2 Å². The Morgan fingerprint density at radius 3 is 2.83 bits per heavy atom. The van der Waals surface area contributed by atoms with Crippen molar-refractivity contribution in [2.45, 2.75) is 44.2 Å². The van der Waals surface area contributed by atoms with Gasteiger partial charge >= 0.3 is 0 Å². The van der Waals surface area contributed by atoms with E-state index in [1.807, 2.05) is 5.38 Å². The lowest BCUT2D eigenvalue weighted by Gasteiger charge is -2.25. The van der Waals surface area contributed by atoms with Crippen LogP contribution in [0.2, 0.25) is 0 Å². The molecule has 2 saturated heterocycles. The van der Waals surface area contributed by atoms with Crippen LogP contribution in [0.4, 0.5) is 5.13 Å². The molecule has 3 rings (SSSR count). The number of amides is 2.